The van der Waals surface area contributed by atoms with Gasteiger partial charge in [-0.2, -0.15) is 0 Å². The number of aryl methyl sites for hydroxylation is 1. The Labute approximate surface area is 179 Å². The minimum atomic E-state index is -0.130. The topological polar surface area (TPSA) is 88.0 Å². The number of aromatic amines is 1. The fraction of sp³-hybridized carbons (Fsp3) is 0.333. The molecule has 31 heavy (non-hydrogen) atoms. The molecule has 7 heteroatoms. The molecule has 2 aromatic heterocycles. The molecule has 0 amide bonds. The van der Waals surface area contributed by atoms with Crippen LogP contribution >= 0.6 is 0 Å². The van der Waals surface area contributed by atoms with E-state index < -0.39 is 0 Å². The van der Waals surface area contributed by atoms with Gasteiger partial charge in [-0.15, -0.1) is 0 Å². The smallest absolute Gasteiger partial charge is 0.203 e. The highest BCUT2D eigenvalue weighted by atomic mass is 16.3. The molecule has 0 saturated carbocycles. The number of fused-ring (bicyclic) bond motifs is 2. The average Bonchev–Trinajstić information content (AvgIpc) is 3.21. The first-order valence-corrected chi connectivity index (χ1v) is 10.9. The third kappa shape index (κ3) is 3.49. The van der Waals surface area contributed by atoms with Crippen molar-refractivity contribution < 1.29 is 19.3 Å². The Balaban J connectivity index is 1.63. The summed E-state index contributed by atoms with van der Waals surface area (Å²) < 4.78 is 6.01. The van der Waals surface area contributed by atoms with Crippen molar-refractivity contribution in [2.24, 2.45) is 0 Å². The van der Waals surface area contributed by atoms with Gasteiger partial charge >= 0.3 is 0 Å². The van der Waals surface area contributed by atoms with Crippen LogP contribution in [0.15, 0.2) is 45.8 Å². The van der Waals surface area contributed by atoms with E-state index in [4.69, 9.17) is 4.42 Å². The molecule has 160 valence electrons. The number of hydrogen-bond donors (Lipinski definition) is 4. The molecular formula is C24H28N4O3+2. The van der Waals surface area contributed by atoms with Gasteiger partial charge in [-0.3, -0.25) is 4.79 Å². The normalized spacial score (nSPS) is 19.3. The minimum Gasteiger partial charge on any atom is -0.507 e. The minimum absolute atomic E-state index is 0.130. The Hall–Kier alpha value is -3.16. The van der Waals surface area contributed by atoms with Crippen molar-refractivity contribution in [1.82, 2.24) is 9.97 Å². The number of quaternary nitrogens is 2. The maximum absolute atomic E-state index is 13.5. The second kappa shape index (κ2) is 7.83. The van der Waals surface area contributed by atoms with Crippen molar-refractivity contribution in [2.75, 3.05) is 33.2 Å². The summed E-state index contributed by atoms with van der Waals surface area (Å²) in [7, 11) is 2.21. The number of nitrogens with zero attached hydrogens (tertiary/aromatic N) is 1. The second-order valence-electron chi connectivity index (χ2n) is 8.56. The first kappa shape index (κ1) is 19.8. The van der Waals surface area contributed by atoms with E-state index in [0.29, 0.717) is 35.3 Å². The summed E-state index contributed by atoms with van der Waals surface area (Å²) in [6.07, 6.45) is 2.12. The van der Waals surface area contributed by atoms with E-state index in [1.807, 2.05) is 31.2 Å². The maximum atomic E-state index is 13.5. The number of piperazine rings is 1. The van der Waals surface area contributed by atoms with Crippen LogP contribution in [-0.2, 0) is 13.0 Å². The average molecular weight is 421 g/mol. The Kier molecular flexibility index (Phi) is 5.00. The Morgan fingerprint density at radius 2 is 1.97 bits per heavy atom. The summed E-state index contributed by atoms with van der Waals surface area (Å²) in [6, 6.07) is 9.46. The van der Waals surface area contributed by atoms with Crippen molar-refractivity contribution in [3.05, 3.63) is 57.9 Å². The number of hydrogen-bond acceptors (Lipinski definition) is 4. The van der Waals surface area contributed by atoms with Gasteiger partial charge in [-0.25, -0.2) is 4.98 Å². The van der Waals surface area contributed by atoms with Crippen LogP contribution < -0.4 is 15.2 Å². The zero-order chi connectivity index (χ0) is 21.5. The summed E-state index contributed by atoms with van der Waals surface area (Å²) in [5.74, 6) is 0.755. The number of para-hydroxylation sites is 2. The molecule has 7 nitrogen and oxygen atoms in total. The highest BCUT2D eigenvalue weighted by Gasteiger charge is 2.25. The first-order chi connectivity index (χ1) is 15.0. The number of phenolic OH excluding ortho intramolecular Hbond substituents is 1. The number of H-pyrrole nitrogens is 1. The van der Waals surface area contributed by atoms with Crippen LogP contribution in [0.25, 0.3) is 33.4 Å². The van der Waals surface area contributed by atoms with E-state index in [0.717, 1.165) is 48.3 Å². The summed E-state index contributed by atoms with van der Waals surface area (Å²) in [6.45, 7) is 6.90. The molecule has 1 saturated heterocycles. The van der Waals surface area contributed by atoms with Crippen LogP contribution in [0.2, 0.25) is 0 Å². The lowest BCUT2D eigenvalue weighted by Gasteiger charge is -2.27. The molecule has 0 spiro atoms. The first-order valence-electron chi connectivity index (χ1n) is 10.9. The number of benzene rings is 2. The molecule has 0 radical (unpaired) electrons. The van der Waals surface area contributed by atoms with Gasteiger partial charge < -0.3 is 24.3 Å². The van der Waals surface area contributed by atoms with E-state index >= 15 is 0 Å². The SMILES string of the molecule is CCc1cc2c(=O)c(-c3nc4ccccc4[nH]3)coc2c(C[NH+]2CC[NH+](C)CC2)c1O. The molecule has 0 bridgehead atoms. The highest BCUT2D eigenvalue weighted by Crippen LogP contribution is 2.31. The molecule has 5 rings (SSSR count). The zero-order valence-corrected chi connectivity index (χ0v) is 17.9. The summed E-state index contributed by atoms with van der Waals surface area (Å²) in [5, 5.41) is 11.4. The van der Waals surface area contributed by atoms with E-state index in [1.165, 1.54) is 16.1 Å². The number of aromatic hydroxyl groups is 1. The summed E-state index contributed by atoms with van der Waals surface area (Å²) >= 11 is 0. The molecule has 1 aliphatic heterocycles. The van der Waals surface area contributed by atoms with Crippen molar-refractivity contribution in [2.45, 2.75) is 19.9 Å². The molecule has 0 atom stereocenters. The van der Waals surface area contributed by atoms with E-state index in [2.05, 4.69) is 17.0 Å². The number of likely N-dealkylation sites (N-methyl/N-ethyl adjacent to an activating group) is 1. The van der Waals surface area contributed by atoms with Gasteiger partial charge in [0.15, 0.2) is 0 Å². The summed E-state index contributed by atoms with van der Waals surface area (Å²) in [4.78, 5) is 24.2. The predicted molar refractivity (Wildman–Crippen MR) is 120 cm³/mol. The molecule has 2 aromatic carbocycles. The van der Waals surface area contributed by atoms with Gasteiger partial charge in [0.25, 0.3) is 0 Å². The van der Waals surface area contributed by atoms with Crippen molar-refractivity contribution >= 4 is 22.0 Å². The van der Waals surface area contributed by atoms with Crippen LogP contribution in [0.3, 0.4) is 0 Å². The van der Waals surface area contributed by atoms with Crippen LogP contribution in [0.5, 0.6) is 5.75 Å². The Morgan fingerprint density at radius 1 is 1.19 bits per heavy atom. The molecule has 3 heterocycles. The van der Waals surface area contributed by atoms with Crippen molar-refractivity contribution in [1.29, 1.82) is 0 Å². The molecule has 0 aliphatic carbocycles. The maximum Gasteiger partial charge on any atom is 0.203 e. The fourth-order valence-electron chi connectivity index (χ4n) is 4.53. The largest absolute Gasteiger partial charge is 0.507 e. The number of nitrogens with one attached hydrogen (secondary N) is 3. The number of rotatable bonds is 4. The van der Waals surface area contributed by atoms with Crippen molar-refractivity contribution in [3.8, 4) is 17.1 Å². The molecule has 0 unspecified atom stereocenters. The monoisotopic (exact) mass is 420 g/mol. The fourth-order valence-corrected chi connectivity index (χ4v) is 4.53. The van der Waals surface area contributed by atoms with Gasteiger partial charge in [0, 0.05) is 0 Å². The van der Waals surface area contributed by atoms with Gasteiger partial charge in [-0.05, 0) is 30.2 Å². The van der Waals surface area contributed by atoms with Gasteiger partial charge in [-0.1, -0.05) is 19.1 Å². The summed E-state index contributed by atoms with van der Waals surface area (Å²) in [5.41, 5.74) is 3.94. The number of aromatic nitrogens is 2. The zero-order valence-electron chi connectivity index (χ0n) is 17.9. The molecule has 1 fully saturated rings. The van der Waals surface area contributed by atoms with Crippen LogP contribution in [-0.4, -0.2) is 48.3 Å². The lowest BCUT2D eigenvalue weighted by molar-refractivity contribution is -1.01. The van der Waals surface area contributed by atoms with E-state index in [-0.39, 0.29) is 11.2 Å². The molecule has 4 N–H and O–H groups in total. The third-order valence-corrected chi connectivity index (χ3v) is 6.47. The molecular weight excluding hydrogens is 392 g/mol. The lowest BCUT2D eigenvalue weighted by atomic mass is 10.0. The van der Waals surface area contributed by atoms with E-state index in [9.17, 15) is 9.90 Å². The van der Waals surface area contributed by atoms with Gasteiger partial charge in [0.2, 0.25) is 5.43 Å². The van der Waals surface area contributed by atoms with Gasteiger partial charge in [0.05, 0.1) is 29.0 Å². The quantitative estimate of drug-likeness (QED) is 0.388. The Bertz CT molecular complexity index is 1280. The standard InChI is InChI=1S/C24H26N4O3/c1-3-15-12-16-22(30)18(24-25-19-6-4-5-7-20(19)26-24)14-31-23(16)17(21(15)29)13-28-10-8-27(2)9-11-28/h4-7,12,14,29H,3,8-11,13H2,1-2H3,(H,25,26)/p+2. The third-order valence-electron chi connectivity index (χ3n) is 6.47. The Morgan fingerprint density at radius 3 is 2.71 bits per heavy atom. The number of phenols is 1. The van der Waals surface area contributed by atoms with Crippen LogP contribution in [0, 0.1) is 0 Å². The van der Waals surface area contributed by atoms with Crippen LogP contribution in [0.4, 0.5) is 0 Å². The number of imidazole rings is 1. The van der Waals surface area contributed by atoms with E-state index in [1.54, 1.807) is 6.07 Å². The van der Waals surface area contributed by atoms with Crippen molar-refractivity contribution in [3.63, 3.8) is 0 Å². The van der Waals surface area contributed by atoms with Gasteiger partial charge in [0.1, 0.15) is 61.7 Å². The highest BCUT2D eigenvalue weighted by molar-refractivity contribution is 5.87. The lowest BCUT2D eigenvalue weighted by Crippen LogP contribution is -3.26. The predicted octanol–water partition coefficient (Wildman–Crippen LogP) is 0.518. The van der Waals surface area contributed by atoms with Crippen LogP contribution in [0.1, 0.15) is 18.1 Å². The molecule has 4 aromatic rings. The second-order valence-corrected chi connectivity index (χ2v) is 8.56. The molecule has 1 aliphatic rings.